The van der Waals surface area contributed by atoms with Crippen LogP contribution in [-0.4, -0.2) is 60.5 Å². The maximum absolute atomic E-state index is 13.1. The third kappa shape index (κ3) is 4.31. The molecular weight excluding hydrogens is 433 g/mol. The molecule has 1 saturated heterocycles. The Morgan fingerprint density at radius 1 is 1.00 bits per heavy atom. The smallest absolute Gasteiger partial charge is 0.243 e. The average molecular weight is 458 g/mol. The number of hydrogen-bond donors (Lipinski definition) is 0. The van der Waals surface area contributed by atoms with Gasteiger partial charge < -0.3 is 9.80 Å². The maximum atomic E-state index is 13.1. The van der Waals surface area contributed by atoms with Crippen molar-refractivity contribution in [3.8, 4) is 0 Å². The largest absolute Gasteiger partial charge is 0.340 e. The van der Waals surface area contributed by atoms with Gasteiger partial charge in [-0.2, -0.15) is 4.31 Å². The molecule has 4 rings (SSSR count). The Labute approximate surface area is 186 Å². The van der Waals surface area contributed by atoms with Crippen LogP contribution in [0.15, 0.2) is 59.6 Å². The summed E-state index contributed by atoms with van der Waals surface area (Å²) in [6, 6.07) is 12.0. The topological polar surface area (TPSA) is 78.0 Å². The van der Waals surface area contributed by atoms with E-state index in [2.05, 4.69) is 0 Å². The Bertz CT molecular complexity index is 1160. The van der Waals surface area contributed by atoms with Gasteiger partial charge in [-0.1, -0.05) is 24.3 Å². The Balaban J connectivity index is 1.44. The molecule has 9 heteroatoms. The number of fused-ring (bicyclic) bond motifs is 1. The van der Waals surface area contributed by atoms with E-state index in [0.717, 1.165) is 23.3 Å². The molecule has 168 valence electrons. The van der Waals surface area contributed by atoms with E-state index in [9.17, 15) is 22.4 Å². The number of amides is 2. The molecule has 2 amide bonds. The Morgan fingerprint density at radius 2 is 1.66 bits per heavy atom. The molecule has 1 unspecified atom stereocenters. The van der Waals surface area contributed by atoms with Gasteiger partial charge in [0.15, 0.2) is 0 Å². The van der Waals surface area contributed by atoms with E-state index in [1.807, 2.05) is 30.3 Å². The van der Waals surface area contributed by atoms with Crippen LogP contribution in [0.3, 0.4) is 0 Å². The first-order valence-corrected chi connectivity index (χ1v) is 11.8. The third-order valence-electron chi connectivity index (χ3n) is 5.88. The molecule has 32 heavy (non-hydrogen) atoms. The van der Waals surface area contributed by atoms with Crippen LogP contribution >= 0.6 is 0 Å². The van der Waals surface area contributed by atoms with Crippen LogP contribution < -0.4 is 0 Å². The minimum atomic E-state index is -3.75. The molecule has 0 aliphatic carbocycles. The number of rotatable bonds is 4. The molecule has 2 heterocycles. The van der Waals surface area contributed by atoms with Crippen molar-refractivity contribution in [1.82, 2.24) is 14.1 Å². The highest BCUT2D eigenvalue weighted by molar-refractivity contribution is 7.89. The number of halogens is 1. The van der Waals surface area contributed by atoms with Gasteiger partial charge in [0.2, 0.25) is 21.8 Å². The summed E-state index contributed by atoms with van der Waals surface area (Å²) in [4.78, 5) is 28.4. The first kappa shape index (κ1) is 22.2. The Morgan fingerprint density at radius 3 is 2.31 bits per heavy atom. The second kappa shape index (κ2) is 8.84. The van der Waals surface area contributed by atoms with Crippen molar-refractivity contribution in [2.45, 2.75) is 24.3 Å². The molecule has 0 N–H and O–H groups in total. The van der Waals surface area contributed by atoms with Crippen molar-refractivity contribution >= 4 is 27.9 Å². The normalized spacial score (nSPS) is 19.0. The lowest BCUT2D eigenvalue weighted by atomic mass is 9.93. The summed E-state index contributed by atoms with van der Waals surface area (Å²) in [5.74, 6) is -0.785. The first-order valence-electron chi connectivity index (χ1n) is 10.4. The van der Waals surface area contributed by atoms with Crippen LogP contribution in [0, 0.1) is 5.82 Å². The van der Waals surface area contributed by atoms with Gasteiger partial charge in [0.05, 0.1) is 17.4 Å². The lowest BCUT2D eigenvalue weighted by molar-refractivity contribution is -0.135. The van der Waals surface area contributed by atoms with Crippen molar-refractivity contribution in [3.05, 3.63) is 71.7 Å². The van der Waals surface area contributed by atoms with Crippen LogP contribution in [-0.2, 0) is 19.6 Å². The first-order chi connectivity index (χ1) is 15.3. The summed E-state index contributed by atoms with van der Waals surface area (Å²) in [6.45, 7) is 2.29. The monoisotopic (exact) mass is 457 g/mol. The van der Waals surface area contributed by atoms with Gasteiger partial charge in [0, 0.05) is 39.3 Å². The Kier molecular flexibility index (Phi) is 6.12. The van der Waals surface area contributed by atoms with Gasteiger partial charge >= 0.3 is 0 Å². The van der Waals surface area contributed by atoms with Crippen molar-refractivity contribution in [2.75, 3.05) is 26.2 Å². The highest BCUT2D eigenvalue weighted by Crippen LogP contribution is 2.33. The minimum Gasteiger partial charge on any atom is -0.340 e. The van der Waals surface area contributed by atoms with Gasteiger partial charge in [0.25, 0.3) is 0 Å². The van der Waals surface area contributed by atoms with Crippen LogP contribution in [0.5, 0.6) is 0 Å². The van der Waals surface area contributed by atoms with Crippen LogP contribution in [0.2, 0.25) is 0 Å². The van der Waals surface area contributed by atoms with Gasteiger partial charge in [-0.3, -0.25) is 9.59 Å². The summed E-state index contributed by atoms with van der Waals surface area (Å²) < 4.78 is 40.0. The quantitative estimate of drug-likeness (QED) is 0.707. The molecule has 0 saturated carbocycles. The summed E-state index contributed by atoms with van der Waals surface area (Å²) in [5.41, 5.74) is 1.88. The minimum absolute atomic E-state index is 0.0291. The lowest BCUT2D eigenvalue weighted by Gasteiger charge is -2.37. The second-order valence-corrected chi connectivity index (χ2v) is 9.77. The van der Waals surface area contributed by atoms with Gasteiger partial charge in [-0.15, -0.1) is 0 Å². The predicted molar refractivity (Wildman–Crippen MR) is 117 cm³/mol. The number of sulfonamides is 1. The number of hydrogen-bond acceptors (Lipinski definition) is 4. The van der Waals surface area contributed by atoms with Gasteiger partial charge in [0.1, 0.15) is 5.82 Å². The summed E-state index contributed by atoms with van der Waals surface area (Å²) >= 11 is 0. The highest BCUT2D eigenvalue weighted by Gasteiger charge is 2.33. The molecule has 2 aromatic carbocycles. The molecule has 2 aromatic rings. The molecule has 0 aromatic heterocycles. The zero-order valence-corrected chi connectivity index (χ0v) is 18.5. The molecule has 0 radical (unpaired) electrons. The second-order valence-electron chi connectivity index (χ2n) is 7.83. The third-order valence-corrected chi connectivity index (χ3v) is 7.79. The Hall–Kier alpha value is -3.04. The summed E-state index contributed by atoms with van der Waals surface area (Å²) in [6.07, 6.45) is 3.68. The van der Waals surface area contributed by atoms with Crippen molar-refractivity contribution in [1.29, 1.82) is 0 Å². The van der Waals surface area contributed by atoms with Crippen molar-refractivity contribution < 1.29 is 22.4 Å². The molecule has 1 fully saturated rings. The number of carbonyl (C=O) groups is 2. The average Bonchev–Trinajstić information content (AvgIpc) is 2.79. The highest BCUT2D eigenvalue weighted by atomic mass is 32.2. The van der Waals surface area contributed by atoms with E-state index in [4.69, 9.17) is 0 Å². The molecule has 1 atom stereocenters. The molecular formula is C23H24FN3O4S. The van der Waals surface area contributed by atoms with E-state index >= 15 is 0 Å². The lowest BCUT2D eigenvalue weighted by Crippen LogP contribution is -2.51. The standard InChI is InChI=1S/C23H24FN3O4S/c1-17(28)27-11-10-18-4-2-3-5-21(18)22(27)16-23(29)25-12-14-26(15-13-25)32(30,31)20-8-6-19(24)7-9-20/h2-11,22H,12-16H2,1H3. The summed E-state index contributed by atoms with van der Waals surface area (Å²) in [7, 11) is -3.75. The number of carbonyl (C=O) groups excluding carboxylic acids is 2. The van der Waals surface area contributed by atoms with Gasteiger partial charge in [-0.05, 0) is 41.5 Å². The van der Waals surface area contributed by atoms with E-state index in [1.54, 1.807) is 16.0 Å². The van der Waals surface area contributed by atoms with Crippen molar-refractivity contribution in [2.24, 2.45) is 0 Å². The van der Waals surface area contributed by atoms with E-state index in [-0.39, 0.29) is 49.3 Å². The van der Waals surface area contributed by atoms with Gasteiger partial charge in [-0.25, -0.2) is 12.8 Å². The molecule has 0 spiro atoms. The number of piperazine rings is 1. The maximum Gasteiger partial charge on any atom is 0.243 e. The van der Waals surface area contributed by atoms with Crippen LogP contribution in [0.1, 0.15) is 30.5 Å². The van der Waals surface area contributed by atoms with Crippen LogP contribution in [0.25, 0.3) is 6.08 Å². The van der Waals surface area contributed by atoms with Crippen molar-refractivity contribution in [3.63, 3.8) is 0 Å². The summed E-state index contributed by atoms with van der Waals surface area (Å²) in [5, 5.41) is 0. The zero-order valence-electron chi connectivity index (χ0n) is 17.6. The predicted octanol–water partition coefficient (Wildman–Crippen LogP) is 2.62. The molecule has 7 nitrogen and oxygen atoms in total. The fourth-order valence-corrected chi connectivity index (χ4v) is 5.56. The van der Waals surface area contributed by atoms with E-state index in [0.29, 0.717) is 0 Å². The van der Waals surface area contributed by atoms with Crippen LogP contribution in [0.4, 0.5) is 4.39 Å². The zero-order chi connectivity index (χ0) is 22.9. The fourth-order valence-electron chi connectivity index (χ4n) is 4.14. The SMILES string of the molecule is CC(=O)N1C=Cc2ccccc2C1CC(=O)N1CCN(S(=O)(=O)c2ccc(F)cc2)CC1. The van der Waals surface area contributed by atoms with E-state index < -0.39 is 21.9 Å². The van der Waals surface area contributed by atoms with E-state index in [1.165, 1.54) is 23.4 Å². The fraction of sp³-hybridized carbons (Fsp3) is 0.304. The number of nitrogens with zero attached hydrogens (tertiary/aromatic N) is 3. The molecule has 2 aliphatic rings. The molecule has 2 aliphatic heterocycles. The molecule has 0 bridgehead atoms. The number of benzene rings is 2.